The van der Waals surface area contributed by atoms with Crippen LogP contribution in [-0.2, 0) is 4.74 Å². The molecule has 3 nitrogen and oxygen atoms in total. The lowest BCUT2D eigenvalue weighted by Crippen LogP contribution is -2.44. The van der Waals surface area contributed by atoms with Gasteiger partial charge in [-0.3, -0.25) is 0 Å². The van der Waals surface area contributed by atoms with Gasteiger partial charge in [-0.2, -0.15) is 0 Å². The van der Waals surface area contributed by atoms with Gasteiger partial charge in [-0.05, 0) is 33.4 Å². The number of ether oxygens (including phenoxy) is 1. The Morgan fingerprint density at radius 2 is 1.79 bits per heavy atom. The molecule has 0 aromatic carbocycles. The predicted molar refractivity (Wildman–Crippen MR) is 59.7 cm³/mol. The monoisotopic (exact) mass is 200 g/mol. The molecule has 1 saturated heterocycles. The maximum Gasteiger partial charge on any atom is 0.0466 e. The number of nitrogens with zero attached hydrogens (tertiary/aromatic N) is 2. The van der Waals surface area contributed by atoms with Crippen LogP contribution < -0.4 is 0 Å². The fourth-order valence-corrected chi connectivity index (χ4v) is 1.76. The van der Waals surface area contributed by atoms with Gasteiger partial charge in [0, 0.05) is 39.4 Å². The average Bonchev–Trinajstić information content (AvgIpc) is 2.21. The Hall–Kier alpha value is -0.120. The molecule has 0 radical (unpaired) electrons. The predicted octanol–water partition coefficient (Wildman–Crippen LogP) is 1.05. The Balaban J connectivity index is 1.91. The van der Waals surface area contributed by atoms with Gasteiger partial charge in [0.2, 0.25) is 0 Å². The lowest BCUT2D eigenvalue weighted by molar-refractivity contribution is 0.127. The molecule has 1 rings (SSSR count). The Morgan fingerprint density at radius 1 is 1.07 bits per heavy atom. The van der Waals surface area contributed by atoms with Gasteiger partial charge >= 0.3 is 0 Å². The molecule has 14 heavy (non-hydrogen) atoms. The Bertz CT molecular complexity index is 133. The van der Waals surface area contributed by atoms with Crippen molar-refractivity contribution in [2.75, 3.05) is 53.0 Å². The summed E-state index contributed by atoms with van der Waals surface area (Å²) in [6.45, 7) is 10.0. The van der Waals surface area contributed by atoms with Crippen molar-refractivity contribution in [3.63, 3.8) is 0 Å². The molecule has 3 heteroatoms. The maximum absolute atomic E-state index is 5.31. The Labute approximate surface area is 88.0 Å². The summed E-state index contributed by atoms with van der Waals surface area (Å²) in [5.41, 5.74) is 0. The van der Waals surface area contributed by atoms with E-state index < -0.39 is 0 Å². The highest BCUT2D eigenvalue weighted by Gasteiger charge is 2.12. The Kier molecular flexibility index (Phi) is 6.15. The first-order valence-electron chi connectivity index (χ1n) is 5.81. The van der Waals surface area contributed by atoms with Gasteiger partial charge in [-0.15, -0.1) is 0 Å². The van der Waals surface area contributed by atoms with Gasteiger partial charge in [0.25, 0.3) is 0 Å². The van der Waals surface area contributed by atoms with Crippen LogP contribution in [-0.4, -0.2) is 62.8 Å². The van der Waals surface area contributed by atoms with E-state index in [1.165, 1.54) is 45.6 Å². The molecule has 0 aromatic heterocycles. The fraction of sp³-hybridized carbons (Fsp3) is 1.00. The van der Waals surface area contributed by atoms with E-state index >= 15 is 0 Å². The van der Waals surface area contributed by atoms with Crippen molar-refractivity contribution in [2.24, 2.45) is 0 Å². The molecule has 84 valence electrons. The largest absolute Gasteiger partial charge is 0.382 e. The van der Waals surface area contributed by atoms with Gasteiger partial charge in [-0.1, -0.05) is 0 Å². The average molecular weight is 200 g/mol. The van der Waals surface area contributed by atoms with Gasteiger partial charge in [0.1, 0.15) is 0 Å². The SMILES string of the molecule is CCOCCCCN1CCN(C)CC1. The molecule has 1 aliphatic heterocycles. The summed E-state index contributed by atoms with van der Waals surface area (Å²) in [4.78, 5) is 4.96. The molecule has 0 aromatic rings. The van der Waals surface area contributed by atoms with Crippen LogP contribution in [0, 0.1) is 0 Å². The second kappa shape index (κ2) is 7.21. The van der Waals surface area contributed by atoms with Crippen molar-refractivity contribution in [3.05, 3.63) is 0 Å². The Morgan fingerprint density at radius 3 is 2.43 bits per heavy atom. The second-order valence-electron chi connectivity index (χ2n) is 4.05. The second-order valence-corrected chi connectivity index (χ2v) is 4.05. The van der Waals surface area contributed by atoms with Crippen LogP contribution in [0.15, 0.2) is 0 Å². The molecule has 0 spiro atoms. The summed E-state index contributed by atoms with van der Waals surface area (Å²) in [6, 6.07) is 0. The normalized spacial score (nSPS) is 20.1. The molecule has 0 saturated carbocycles. The van der Waals surface area contributed by atoms with E-state index in [0.29, 0.717) is 0 Å². The van der Waals surface area contributed by atoms with E-state index in [1.807, 2.05) is 0 Å². The summed E-state index contributed by atoms with van der Waals surface area (Å²) in [5, 5.41) is 0. The van der Waals surface area contributed by atoms with Crippen LogP contribution in [0.1, 0.15) is 19.8 Å². The third-order valence-electron chi connectivity index (χ3n) is 2.81. The molecule has 0 atom stereocenters. The zero-order valence-corrected chi connectivity index (χ0v) is 9.67. The van der Waals surface area contributed by atoms with E-state index in [4.69, 9.17) is 4.74 Å². The van der Waals surface area contributed by atoms with Gasteiger partial charge in [0.15, 0.2) is 0 Å². The lowest BCUT2D eigenvalue weighted by atomic mass is 10.2. The first kappa shape index (κ1) is 12.0. The molecule has 1 aliphatic rings. The smallest absolute Gasteiger partial charge is 0.0466 e. The number of hydrogen-bond donors (Lipinski definition) is 0. The topological polar surface area (TPSA) is 15.7 Å². The minimum Gasteiger partial charge on any atom is -0.382 e. The van der Waals surface area contributed by atoms with Gasteiger partial charge in [0.05, 0.1) is 0 Å². The third kappa shape index (κ3) is 4.94. The highest BCUT2D eigenvalue weighted by molar-refractivity contribution is 4.68. The zero-order chi connectivity index (χ0) is 10.2. The van der Waals surface area contributed by atoms with Crippen LogP contribution in [0.3, 0.4) is 0 Å². The van der Waals surface area contributed by atoms with Crippen molar-refractivity contribution < 1.29 is 4.74 Å². The van der Waals surface area contributed by atoms with Crippen molar-refractivity contribution in [1.29, 1.82) is 0 Å². The molecule has 1 fully saturated rings. The summed E-state index contributed by atoms with van der Waals surface area (Å²) < 4.78 is 5.31. The standard InChI is InChI=1S/C11H24N2O/c1-3-14-11-5-4-6-13-9-7-12(2)8-10-13/h3-11H2,1-2H3. The molecule has 0 unspecified atom stereocenters. The quantitative estimate of drug-likeness (QED) is 0.596. The first-order chi connectivity index (χ1) is 6.83. The van der Waals surface area contributed by atoms with E-state index in [2.05, 4.69) is 23.8 Å². The zero-order valence-electron chi connectivity index (χ0n) is 9.67. The van der Waals surface area contributed by atoms with Gasteiger partial charge < -0.3 is 14.5 Å². The number of rotatable bonds is 6. The lowest BCUT2D eigenvalue weighted by Gasteiger charge is -2.32. The van der Waals surface area contributed by atoms with Crippen LogP contribution in [0.4, 0.5) is 0 Å². The highest BCUT2D eigenvalue weighted by atomic mass is 16.5. The molecule has 1 heterocycles. The minimum atomic E-state index is 0.856. The molecule has 0 amide bonds. The van der Waals surface area contributed by atoms with Crippen molar-refractivity contribution in [1.82, 2.24) is 9.80 Å². The molecular formula is C11H24N2O. The molecule has 0 aliphatic carbocycles. The maximum atomic E-state index is 5.31. The summed E-state index contributed by atoms with van der Waals surface area (Å²) >= 11 is 0. The van der Waals surface area contributed by atoms with Crippen LogP contribution in [0.5, 0.6) is 0 Å². The van der Waals surface area contributed by atoms with Crippen molar-refractivity contribution >= 4 is 0 Å². The van der Waals surface area contributed by atoms with Crippen molar-refractivity contribution in [3.8, 4) is 0 Å². The van der Waals surface area contributed by atoms with E-state index in [-0.39, 0.29) is 0 Å². The van der Waals surface area contributed by atoms with Crippen LogP contribution >= 0.6 is 0 Å². The number of likely N-dealkylation sites (N-methyl/N-ethyl adjacent to an activating group) is 1. The van der Waals surface area contributed by atoms with Gasteiger partial charge in [-0.25, -0.2) is 0 Å². The van der Waals surface area contributed by atoms with Crippen LogP contribution in [0.2, 0.25) is 0 Å². The number of piperazine rings is 1. The highest BCUT2D eigenvalue weighted by Crippen LogP contribution is 2.01. The van der Waals surface area contributed by atoms with Crippen molar-refractivity contribution in [2.45, 2.75) is 19.8 Å². The number of unbranched alkanes of at least 4 members (excludes halogenated alkanes) is 1. The number of hydrogen-bond acceptors (Lipinski definition) is 3. The summed E-state index contributed by atoms with van der Waals surface area (Å²) in [6.07, 6.45) is 2.49. The minimum absolute atomic E-state index is 0.856. The van der Waals surface area contributed by atoms with Crippen LogP contribution in [0.25, 0.3) is 0 Å². The summed E-state index contributed by atoms with van der Waals surface area (Å²) in [7, 11) is 2.20. The van der Waals surface area contributed by atoms with E-state index in [9.17, 15) is 0 Å². The molecule has 0 bridgehead atoms. The first-order valence-corrected chi connectivity index (χ1v) is 5.81. The van der Waals surface area contributed by atoms with E-state index in [1.54, 1.807) is 0 Å². The molecule has 0 N–H and O–H groups in total. The third-order valence-corrected chi connectivity index (χ3v) is 2.81. The summed E-state index contributed by atoms with van der Waals surface area (Å²) in [5.74, 6) is 0. The fourth-order valence-electron chi connectivity index (χ4n) is 1.76. The molecular weight excluding hydrogens is 176 g/mol. The van der Waals surface area contributed by atoms with E-state index in [0.717, 1.165) is 13.2 Å².